The van der Waals surface area contributed by atoms with E-state index < -0.39 is 11.8 Å². The van der Waals surface area contributed by atoms with Crippen LogP contribution in [-0.4, -0.2) is 28.1 Å². The summed E-state index contributed by atoms with van der Waals surface area (Å²) in [6.45, 7) is 1.97. The van der Waals surface area contributed by atoms with Crippen molar-refractivity contribution in [2.45, 2.75) is 13.3 Å². The number of carboxylic acids is 1. The molecule has 0 atom stereocenters. The highest BCUT2D eigenvalue weighted by Crippen LogP contribution is 2.27. The Bertz CT molecular complexity index is 1080. The van der Waals surface area contributed by atoms with Crippen molar-refractivity contribution in [2.75, 3.05) is 12.4 Å². The minimum absolute atomic E-state index is 0.364. The van der Waals surface area contributed by atoms with Crippen LogP contribution in [0, 0.1) is 17.7 Å². The standard InChI is InChI=1S/C22H18FN3O2/c1-3-20-17(7-4-14-5-9-21(24-2)26-13-14)16(10-11-25-20)15-6-8-18(22(27)28)19(23)12-15/h5-6,8-13H,3H2,1-2H3,(H,24,26)(H,27,28). The van der Waals surface area contributed by atoms with E-state index in [1.54, 1.807) is 31.6 Å². The van der Waals surface area contributed by atoms with Crippen LogP contribution in [-0.2, 0) is 6.42 Å². The molecule has 140 valence electrons. The van der Waals surface area contributed by atoms with Crippen molar-refractivity contribution in [1.29, 1.82) is 0 Å². The number of hydrogen-bond donors (Lipinski definition) is 2. The van der Waals surface area contributed by atoms with Gasteiger partial charge in [0.05, 0.1) is 16.8 Å². The second-order valence-corrected chi connectivity index (χ2v) is 5.97. The van der Waals surface area contributed by atoms with Crippen molar-refractivity contribution >= 4 is 11.8 Å². The summed E-state index contributed by atoms with van der Waals surface area (Å²) in [6.07, 6.45) is 3.97. The molecule has 0 unspecified atom stereocenters. The SMILES string of the molecule is CCc1nccc(-c2ccc(C(=O)O)c(F)c2)c1C#Cc1ccc(NC)nc1. The zero-order valence-electron chi connectivity index (χ0n) is 15.5. The van der Waals surface area contributed by atoms with Crippen molar-refractivity contribution in [2.24, 2.45) is 0 Å². The van der Waals surface area contributed by atoms with Crippen molar-refractivity contribution in [3.8, 4) is 23.0 Å². The average Bonchev–Trinajstić information content (AvgIpc) is 2.72. The molecule has 3 aromatic rings. The van der Waals surface area contributed by atoms with Gasteiger partial charge >= 0.3 is 5.97 Å². The van der Waals surface area contributed by atoms with Crippen LogP contribution < -0.4 is 5.32 Å². The summed E-state index contributed by atoms with van der Waals surface area (Å²) in [4.78, 5) is 19.7. The van der Waals surface area contributed by atoms with E-state index in [2.05, 4.69) is 27.1 Å². The van der Waals surface area contributed by atoms with Gasteiger partial charge in [0.2, 0.25) is 0 Å². The number of carbonyl (C=O) groups is 1. The first-order valence-corrected chi connectivity index (χ1v) is 8.70. The lowest BCUT2D eigenvalue weighted by Gasteiger charge is -2.09. The third kappa shape index (κ3) is 3.99. The van der Waals surface area contributed by atoms with Crippen LogP contribution in [0.15, 0.2) is 48.8 Å². The quantitative estimate of drug-likeness (QED) is 0.675. The van der Waals surface area contributed by atoms with Crippen LogP contribution in [0.4, 0.5) is 10.2 Å². The predicted octanol–water partition coefficient (Wildman–Crippen LogP) is 3.98. The van der Waals surface area contributed by atoms with Gasteiger partial charge in [0.15, 0.2) is 0 Å². The minimum Gasteiger partial charge on any atom is -0.478 e. The molecule has 0 aliphatic heterocycles. The number of halogens is 1. The van der Waals surface area contributed by atoms with E-state index in [1.165, 1.54) is 12.1 Å². The molecule has 2 aromatic heterocycles. The highest BCUT2D eigenvalue weighted by Gasteiger charge is 2.14. The molecule has 0 radical (unpaired) electrons. The molecule has 0 saturated heterocycles. The molecule has 2 N–H and O–H groups in total. The fourth-order valence-electron chi connectivity index (χ4n) is 2.76. The first-order valence-electron chi connectivity index (χ1n) is 8.70. The third-order valence-corrected chi connectivity index (χ3v) is 4.23. The maximum Gasteiger partial charge on any atom is 0.338 e. The number of nitrogens with zero attached hydrogens (tertiary/aromatic N) is 2. The molecule has 0 spiro atoms. The van der Waals surface area contributed by atoms with Gasteiger partial charge in [-0.25, -0.2) is 14.2 Å². The van der Waals surface area contributed by atoms with Crippen LogP contribution >= 0.6 is 0 Å². The molecule has 3 rings (SSSR count). The number of anilines is 1. The number of aryl methyl sites for hydroxylation is 1. The van der Waals surface area contributed by atoms with E-state index in [-0.39, 0.29) is 5.56 Å². The van der Waals surface area contributed by atoms with Gasteiger partial charge in [-0.15, -0.1) is 0 Å². The molecule has 1 aromatic carbocycles. The van der Waals surface area contributed by atoms with Gasteiger partial charge in [0.1, 0.15) is 11.6 Å². The number of rotatable bonds is 4. The molecular weight excluding hydrogens is 357 g/mol. The Labute approximate surface area is 162 Å². The van der Waals surface area contributed by atoms with Crippen molar-refractivity contribution in [1.82, 2.24) is 9.97 Å². The lowest BCUT2D eigenvalue weighted by atomic mass is 9.97. The second kappa shape index (κ2) is 8.31. The molecule has 0 fully saturated rings. The van der Waals surface area contributed by atoms with E-state index in [4.69, 9.17) is 5.11 Å². The van der Waals surface area contributed by atoms with E-state index in [1.807, 2.05) is 19.1 Å². The predicted molar refractivity (Wildman–Crippen MR) is 106 cm³/mol. The van der Waals surface area contributed by atoms with Gasteiger partial charge in [-0.1, -0.05) is 24.8 Å². The van der Waals surface area contributed by atoms with E-state index in [0.29, 0.717) is 23.1 Å². The monoisotopic (exact) mass is 375 g/mol. The normalized spacial score (nSPS) is 10.1. The number of aromatic nitrogens is 2. The number of aromatic carboxylic acids is 1. The maximum atomic E-state index is 14.2. The summed E-state index contributed by atoms with van der Waals surface area (Å²) in [6, 6.07) is 9.49. The fraction of sp³-hybridized carbons (Fsp3) is 0.136. The summed E-state index contributed by atoms with van der Waals surface area (Å²) in [5.41, 5.74) is 3.10. The maximum absolute atomic E-state index is 14.2. The number of hydrogen-bond acceptors (Lipinski definition) is 4. The van der Waals surface area contributed by atoms with Gasteiger partial charge in [0.25, 0.3) is 0 Å². The summed E-state index contributed by atoms with van der Waals surface area (Å²) in [5, 5.41) is 12.0. The Morgan fingerprint density at radius 3 is 2.61 bits per heavy atom. The number of carboxylic acid groups (broad SMARTS) is 1. The Hall–Kier alpha value is -3.72. The lowest BCUT2D eigenvalue weighted by Crippen LogP contribution is -2.01. The molecule has 0 aliphatic rings. The Balaban J connectivity index is 2.08. The molecule has 0 amide bonds. The fourth-order valence-corrected chi connectivity index (χ4v) is 2.76. The number of pyridine rings is 2. The zero-order chi connectivity index (χ0) is 20.1. The summed E-state index contributed by atoms with van der Waals surface area (Å²) in [7, 11) is 1.79. The van der Waals surface area contributed by atoms with Gasteiger partial charge in [-0.05, 0) is 42.3 Å². The van der Waals surface area contributed by atoms with Gasteiger partial charge in [-0.3, -0.25) is 4.98 Å². The van der Waals surface area contributed by atoms with Crippen molar-refractivity contribution < 1.29 is 14.3 Å². The zero-order valence-corrected chi connectivity index (χ0v) is 15.5. The number of benzene rings is 1. The highest BCUT2D eigenvalue weighted by atomic mass is 19.1. The molecule has 28 heavy (non-hydrogen) atoms. The highest BCUT2D eigenvalue weighted by molar-refractivity contribution is 5.89. The molecule has 0 bridgehead atoms. The van der Waals surface area contributed by atoms with E-state index >= 15 is 0 Å². The molecule has 0 saturated carbocycles. The molecule has 5 nitrogen and oxygen atoms in total. The molecule has 6 heteroatoms. The Morgan fingerprint density at radius 1 is 1.18 bits per heavy atom. The van der Waals surface area contributed by atoms with Crippen LogP contribution in [0.2, 0.25) is 0 Å². The van der Waals surface area contributed by atoms with Crippen LogP contribution in [0.3, 0.4) is 0 Å². The van der Waals surface area contributed by atoms with Crippen LogP contribution in [0.1, 0.15) is 34.1 Å². The second-order valence-electron chi connectivity index (χ2n) is 5.97. The first kappa shape index (κ1) is 19.1. The number of nitrogens with one attached hydrogen (secondary N) is 1. The van der Waals surface area contributed by atoms with Gasteiger partial charge in [0, 0.05) is 30.6 Å². The smallest absolute Gasteiger partial charge is 0.338 e. The summed E-state index contributed by atoms with van der Waals surface area (Å²) in [5.74, 6) is 4.86. The first-order chi connectivity index (χ1) is 13.5. The van der Waals surface area contributed by atoms with E-state index in [9.17, 15) is 9.18 Å². The molecule has 0 aliphatic carbocycles. The van der Waals surface area contributed by atoms with Crippen LogP contribution in [0.5, 0.6) is 0 Å². The van der Waals surface area contributed by atoms with E-state index in [0.717, 1.165) is 17.1 Å². The topological polar surface area (TPSA) is 75.1 Å². The van der Waals surface area contributed by atoms with Crippen LogP contribution in [0.25, 0.3) is 11.1 Å². The average molecular weight is 375 g/mol. The largest absolute Gasteiger partial charge is 0.478 e. The molecule has 2 heterocycles. The summed E-state index contributed by atoms with van der Waals surface area (Å²) >= 11 is 0. The van der Waals surface area contributed by atoms with Gasteiger partial charge in [-0.2, -0.15) is 0 Å². The Morgan fingerprint density at radius 2 is 2.00 bits per heavy atom. The Kier molecular flexibility index (Phi) is 5.66. The third-order valence-electron chi connectivity index (χ3n) is 4.23. The lowest BCUT2D eigenvalue weighted by molar-refractivity contribution is 0.0692. The van der Waals surface area contributed by atoms with Crippen molar-refractivity contribution in [3.05, 3.63) is 77.0 Å². The minimum atomic E-state index is -1.30. The summed E-state index contributed by atoms with van der Waals surface area (Å²) < 4.78 is 14.2. The van der Waals surface area contributed by atoms with Crippen molar-refractivity contribution in [3.63, 3.8) is 0 Å². The van der Waals surface area contributed by atoms with Gasteiger partial charge < -0.3 is 10.4 Å². The molecular formula is C22H18FN3O2.